The molecule has 138 valence electrons. The van der Waals surface area contributed by atoms with Gasteiger partial charge in [0.1, 0.15) is 0 Å². The Bertz CT molecular complexity index is 897. The van der Waals surface area contributed by atoms with Crippen molar-refractivity contribution in [3.05, 3.63) is 59.1 Å². The van der Waals surface area contributed by atoms with Gasteiger partial charge in [-0.3, -0.25) is 4.79 Å². The minimum atomic E-state index is -3.49. The van der Waals surface area contributed by atoms with Crippen molar-refractivity contribution in [1.82, 2.24) is 4.31 Å². The number of amides is 1. The van der Waals surface area contributed by atoms with Gasteiger partial charge in [-0.05, 0) is 61.2 Å². The third-order valence-electron chi connectivity index (χ3n) is 4.46. The van der Waals surface area contributed by atoms with E-state index in [1.165, 1.54) is 12.1 Å². The van der Waals surface area contributed by atoms with Crippen LogP contribution in [0.25, 0.3) is 0 Å². The first-order valence-corrected chi connectivity index (χ1v) is 10.4. The Morgan fingerprint density at radius 3 is 2.58 bits per heavy atom. The second-order valence-electron chi connectivity index (χ2n) is 6.60. The summed E-state index contributed by atoms with van der Waals surface area (Å²) >= 11 is 5.90. The van der Waals surface area contributed by atoms with E-state index >= 15 is 0 Å². The Morgan fingerprint density at radius 2 is 1.92 bits per heavy atom. The normalized spacial score (nSPS) is 18.5. The van der Waals surface area contributed by atoms with Crippen molar-refractivity contribution >= 4 is 33.2 Å². The molecule has 0 unspecified atom stereocenters. The van der Waals surface area contributed by atoms with Gasteiger partial charge in [-0.25, -0.2) is 8.42 Å². The molecular weight excluding hydrogens is 372 g/mol. The lowest BCUT2D eigenvalue weighted by atomic mass is 10.0. The molecule has 1 amide bonds. The molecule has 5 nitrogen and oxygen atoms in total. The number of rotatable bonds is 4. The number of carbonyl (C=O) groups is 1. The van der Waals surface area contributed by atoms with Crippen molar-refractivity contribution in [2.24, 2.45) is 5.92 Å². The predicted octanol–water partition coefficient (Wildman–Crippen LogP) is 4.01. The van der Waals surface area contributed by atoms with Gasteiger partial charge in [0.15, 0.2) is 0 Å². The van der Waals surface area contributed by atoms with Gasteiger partial charge in [-0.1, -0.05) is 24.6 Å². The summed E-state index contributed by atoms with van der Waals surface area (Å²) in [7, 11) is -3.49. The maximum atomic E-state index is 12.7. The molecule has 2 aromatic rings. The van der Waals surface area contributed by atoms with Crippen LogP contribution in [0.5, 0.6) is 0 Å². The monoisotopic (exact) mass is 392 g/mol. The summed E-state index contributed by atoms with van der Waals surface area (Å²) in [6.45, 7) is 3.17. The zero-order valence-corrected chi connectivity index (χ0v) is 16.1. The molecule has 1 saturated heterocycles. The number of anilines is 1. The summed E-state index contributed by atoms with van der Waals surface area (Å²) in [6.07, 6.45) is 1.94. The Hall–Kier alpha value is -1.89. The number of nitrogens with one attached hydrogen (secondary N) is 1. The van der Waals surface area contributed by atoms with E-state index in [1.54, 1.807) is 40.7 Å². The second kappa shape index (κ2) is 7.78. The molecule has 0 aliphatic carbocycles. The van der Waals surface area contributed by atoms with Gasteiger partial charge < -0.3 is 5.32 Å². The van der Waals surface area contributed by atoms with Crippen LogP contribution in [0, 0.1) is 5.92 Å². The maximum Gasteiger partial charge on any atom is 0.255 e. The molecule has 26 heavy (non-hydrogen) atoms. The fourth-order valence-electron chi connectivity index (χ4n) is 3.06. The standard InChI is InChI=1S/C19H21ClN2O3S/c1-14-4-3-11-22(13-14)26(24,25)18-9-7-17(8-10-18)21-19(23)15-5-2-6-16(20)12-15/h2,5-10,12,14H,3-4,11,13H2,1H3,(H,21,23)/t14-/m0/s1. The number of piperidine rings is 1. The fourth-order valence-corrected chi connectivity index (χ4v) is 4.85. The van der Waals surface area contributed by atoms with E-state index in [-0.39, 0.29) is 10.8 Å². The number of nitrogens with zero attached hydrogens (tertiary/aromatic N) is 1. The first-order chi connectivity index (χ1) is 12.4. The van der Waals surface area contributed by atoms with Crippen LogP contribution >= 0.6 is 11.6 Å². The first kappa shape index (κ1) is 18.9. The molecule has 7 heteroatoms. The summed E-state index contributed by atoms with van der Waals surface area (Å²) in [4.78, 5) is 12.5. The minimum Gasteiger partial charge on any atom is -0.322 e. The van der Waals surface area contributed by atoms with E-state index in [0.717, 1.165) is 12.8 Å². The van der Waals surface area contributed by atoms with Crippen molar-refractivity contribution in [2.75, 3.05) is 18.4 Å². The SMILES string of the molecule is C[C@H]1CCCN(S(=O)(=O)c2ccc(NC(=O)c3cccc(Cl)c3)cc2)C1. The highest BCUT2D eigenvalue weighted by Gasteiger charge is 2.28. The molecule has 0 aromatic heterocycles. The van der Waals surface area contributed by atoms with Gasteiger partial charge >= 0.3 is 0 Å². The molecule has 1 fully saturated rings. The van der Waals surface area contributed by atoms with Crippen LogP contribution in [0.15, 0.2) is 53.4 Å². The Kier molecular flexibility index (Phi) is 5.65. The van der Waals surface area contributed by atoms with Crippen molar-refractivity contribution < 1.29 is 13.2 Å². The topological polar surface area (TPSA) is 66.5 Å². The van der Waals surface area contributed by atoms with E-state index in [9.17, 15) is 13.2 Å². The molecule has 1 N–H and O–H groups in total. The van der Waals surface area contributed by atoms with Crippen LogP contribution in [-0.2, 0) is 10.0 Å². The lowest BCUT2D eigenvalue weighted by Gasteiger charge is -2.30. The maximum absolute atomic E-state index is 12.7. The number of halogens is 1. The van der Waals surface area contributed by atoms with Gasteiger partial charge in [0, 0.05) is 29.4 Å². The molecule has 0 radical (unpaired) electrons. The summed E-state index contributed by atoms with van der Waals surface area (Å²) in [6, 6.07) is 12.9. The zero-order valence-electron chi connectivity index (χ0n) is 14.5. The summed E-state index contributed by atoms with van der Waals surface area (Å²) in [5, 5.41) is 3.23. The van der Waals surface area contributed by atoms with Crippen molar-refractivity contribution in [3.8, 4) is 0 Å². The van der Waals surface area contributed by atoms with Gasteiger partial charge in [0.05, 0.1) is 4.90 Å². The predicted molar refractivity (Wildman–Crippen MR) is 103 cm³/mol. The molecular formula is C19H21ClN2O3S. The fraction of sp³-hybridized carbons (Fsp3) is 0.316. The van der Waals surface area contributed by atoms with Crippen molar-refractivity contribution in [3.63, 3.8) is 0 Å². The summed E-state index contributed by atoms with van der Waals surface area (Å²) < 4.78 is 27.0. The molecule has 3 rings (SSSR count). The summed E-state index contributed by atoms with van der Waals surface area (Å²) in [5.41, 5.74) is 0.970. The lowest BCUT2D eigenvalue weighted by Crippen LogP contribution is -2.39. The van der Waals surface area contributed by atoms with Gasteiger partial charge in [0.25, 0.3) is 5.91 Å². The number of hydrogen-bond donors (Lipinski definition) is 1. The third-order valence-corrected chi connectivity index (χ3v) is 6.57. The van der Waals surface area contributed by atoms with Crippen LogP contribution in [-0.4, -0.2) is 31.7 Å². The molecule has 1 aliphatic heterocycles. The summed E-state index contributed by atoms with van der Waals surface area (Å²) in [5.74, 6) is 0.0720. The van der Waals surface area contributed by atoms with E-state index in [2.05, 4.69) is 12.2 Å². The molecule has 0 spiro atoms. The van der Waals surface area contributed by atoms with E-state index in [4.69, 9.17) is 11.6 Å². The van der Waals surface area contributed by atoms with E-state index < -0.39 is 10.0 Å². The smallest absolute Gasteiger partial charge is 0.255 e. The van der Waals surface area contributed by atoms with Gasteiger partial charge in [0.2, 0.25) is 10.0 Å². The number of carbonyl (C=O) groups excluding carboxylic acids is 1. The second-order valence-corrected chi connectivity index (χ2v) is 8.97. The molecule has 0 bridgehead atoms. The van der Waals surface area contributed by atoms with Gasteiger partial charge in [-0.15, -0.1) is 0 Å². The molecule has 1 aliphatic rings. The van der Waals surface area contributed by atoms with Crippen LogP contribution in [0.4, 0.5) is 5.69 Å². The van der Waals surface area contributed by atoms with Gasteiger partial charge in [-0.2, -0.15) is 4.31 Å². The average molecular weight is 393 g/mol. The lowest BCUT2D eigenvalue weighted by molar-refractivity contribution is 0.102. The highest BCUT2D eigenvalue weighted by molar-refractivity contribution is 7.89. The van der Waals surface area contributed by atoms with Crippen LogP contribution < -0.4 is 5.32 Å². The number of hydrogen-bond acceptors (Lipinski definition) is 3. The largest absolute Gasteiger partial charge is 0.322 e. The Labute approximate surface area is 159 Å². The highest BCUT2D eigenvalue weighted by atomic mass is 35.5. The average Bonchev–Trinajstić information content (AvgIpc) is 2.62. The Balaban J connectivity index is 1.73. The molecule has 1 heterocycles. The zero-order chi connectivity index (χ0) is 18.7. The molecule has 2 aromatic carbocycles. The quantitative estimate of drug-likeness (QED) is 0.854. The number of benzene rings is 2. The van der Waals surface area contributed by atoms with E-state index in [0.29, 0.717) is 35.3 Å². The van der Waals surface area contributed by atoms with Crippen LogP contribution in [0.3, 0.4) is 0 Å². The van der Waals surface area contributed by atoms with Crippen LogP contribution in [0.1, 0.15) is 30.1 Å². The minimum absolute atomic E-state index is 0.243. The first-order valence-electron chi connectivity index (χ1n) is 8.53. The van der Waals surface area contributed by atoms with Crippen molar-refractivity contribution in [1.29, 1.82) is 0 Å². The number of sulfonamides is 1. The van der Waals surface area contributed by atoms with E-state index in [1.807, 2.05) is 0 Å². The highest BCUT2D eigenvalue weighted by Crippen LogP contribution is 2.24. The Morgan fingerprint density at radius 1 is 1.19 bits per heavy atom. The third kappa shape index (κ3) is 4.26. The van der Waals surface area contributed by atoms with Crippen molar-refractivity contribution in [2.45, 2.75) is 24.7 Å². The molecule has 0 saturated carbocycles. The van der Waals surface area contributed by atoms with Crippen LogP contribution in [0.2, 0.25) is 5.02 Å². The molecule has 1 atom stereocenters.